The molecule has 1 rings (SSSR count). The van der Waals surface area contributed by atoms with E-state index in [0.29, 0.717) is 6.07 Å². The molecule has 0 saturated carbocycles. The average molecular weight is 265 g/mol. The van der Waals surface area contributed by atoms with E-state index in [9.17, 15) is 17.2 Å². The van der Waals surface area contributed by atoms with E-state index in [4.69, 9.17) is 5.11 Å². The molecule has 0 aliphatic rings. The molecule has 96 valence electrons. The second kappa shape index (κ2) is 5.52. The predicted octanol–water partition coefficient (Wildman–Crippen LogP) is 1.01. The Labute approximate surface area is 98.3 Å². The smallest absolute Gasteiger partial charge is 0.241 e. The molecule has 2 N–H and O–H groups in total. The van der Waals surface area contributed by atoms with Crippen LogP contribution >= 0.6 is 0 Å². The van der Waals surface area contributed by atoms with Crippen LogP contribution in [0.4, 0.5) is 8.78 Å². The highest BCUT2D eigenvalue weighted by Crippen LogP contribution is 2.14. The van der Waals surface area contributed by atoms with Gasteiger partial charge in [-0.3, -0.25) is 0 Å². The lowest BCUT2D eigenvalue weighted by molar-refractivity contribution is 0.275. The fourth-order valence-corrected chi connectivity index (χ4v) is 2.59. The maximum atomic E-state index is 12.9. The third kappa shape index (κ3) is 4.03. The summed E-state index contributed by atoms with van der Waals surface area (Å²) in [6.45, 7) is 1.37. The van der Waals surface area contributed by atoms with E-state index in [2.05, 4.69) is 4.72 Å². The summed E-state index contributed by atoms with van der Waals surface area (Å²) in [6.07, 6.45) is 0.219. The van der Waals surface area contributed by atoms with E-state index in [0.717, 1.165) is 12.1 Å². The molecule has 4 nitrogen and oxygen atoms in total. The number of hydrogen-bond acceptors (Lipinski definition) is 3. The van der Waals surface area contributed by atoms with Gasteiger partial charge in [0.2, 0.25) is 10.0 Å². The molecule has 0 aliphatic carbocycles. The Hall–Kier alpha value is -1.05. The Morgan fingerprint density at radius 1 is 1.29 bits per heavy atom. The zero-order valence-corrected chi connectivity index (χ0v) is 9.97. The van der Waals surface area contributed by atoms with Crippen molar-refractivity contribution in [3.05, 3.63) is 29.8 Å². The minimum absolute atomic E-state index is 0.179. The minimum atomic E-state index is -3.97. The van der Waals surface area contributed by atoms with Crippen molar-refractivity contribution in [3.8, 4) is 0 Å². The summed E-state index contributed by atoms with van der Waals surface area (Å²) < 4.78 is 51.3. The molecule has 0 fully saturated rings. The monoisotopic (exact) mass is 265 g/mol. The maximum Gasteiger partial charge on any atom is 0.241 e. The van der Waals surface area contributed by atoms with Crippen LogP contribution in [0.15, 0.2) is 23.1 Å². The Kier molecular flexibility index (Phi) is 4.55. The molecule has 1 atom stereocenters. The van der Waals surface area contributed by atoms with Crippen molar-refractivity contribution < 1.29 is 22.3 Å². The highest BCUT2D eigenvalue weighted by molar-refractivity contribution is 7.89. The number of halogens is 2. The van der Waals surface area contributed by atoms with Crippen LogP contribution in [0, 0.1) is 11.6 Å². The van der Waals surface area contributed by atoms with Gasteiger partial charge in [0.15, 0.2) is 0 Å². The van der Waals surface area contributed by atoms with Gasteiger partial charge in [0, 0.05) is 18.7 Å². The average Bonchev–Trinajstić information content (AvgIpc) is 2.15. The van der Waals surface area contributed by atoms with Gasteiger partial charge in [0.25, 0.3) is 0 Å². The van der Waals surface area contributed by atoms with Gasteiger partial charge in [-0.2, -0.15) is 0 Å². The van der Waals surface area contributed by atoms with E-state index in [1.54, 1.807) is 6.92 Å². The topological polar surface area (TPSA) is 66.4 Å². The van der Waals surface area contributed by atoms with E-state index >= 15 is 0 Å². The number of aliphatic hydroxyl groups is 1. The summed E-state index contributed by atoms with van der Waals surface area (Å²) >= 11 is 0. The maximum absolute atomic E-state index is 12.9. The number of sulfonamides is 1. The van der Waals surface area contributed by atoms with Crippen molar-refractivity contribution in [2.24, 2.45) is 0 Å². The molecule has 0 heterocycles. The van der Waals surface area contributed by atoms with Crippen LogP contribution in [-0.2, 0) is 10.0 Å². The Morgan fingerprint density at radius 3 is 2.29 bits per heavy atom. The first-order valence-electron chi connectivity index (χ1n) is 4.94. The van der Waals surface area contributed by atoms with Crippen LogP contribution in [0.2, 0.25) is 0 Å². The van der Waals surface area contributed by atoms with Crippen molar-refractivity contribution in [2.45, 2.75) is 24.3 Å². The van der Waals surface area contributed by atoms with Crippen molar-refractivity contribution in [1.82, 2.24) is 4.72 Å². The molecule has 0 spiro atoms. The second-order valence-corrected chi connectivity index (χ2v) is 5.35. The Balaban J connectivity index is 2.97. The molecule has 1 aromatic carbocycles. The van der Waals surface area contributed by atoms with Crippen molar-refractivity contribution in [2.75, 3.05) is 6.61 Å². The first-order valence-corrected chi connectivity index (χ1v) is 6.43. The number of hydrogen-bond donors (Lipinski definition) is 2. The summed E-state index contributed by atoms with van der Waals surface area (Å²) in [5, 5.41) is 8.64. The van der Waals surface area contributed by atoms with Gasteiger partial charge < -0.3 is 5.11 Å². The normalized spacial score (nSPS) is 13.6. The van der Waals surface area contributed by atoms with Crippen molar-refractivity contribution >= 4 is 10.0 Å². The highest BCUT2D eigenvalue weighted by Gasteiger charge is 2.18. The van der Waals surface area contributed by atoms with Gasteiger partial charge in [0.05, 0.1) is 4.90 Å². The lowest BCUT2D eigenvalue weighted by Crippen LogP contribution is -2.33. The molecular weight excluding hydrogens is 252 g/mol. The first-order chi connectivity index (χ1) is 7.85. The van der Waals surface area contributed by atoms with Gasteiger partial charge in [-0.1, -0.05) is 0 Å². The third-order valence-electron chi connectivity index (χ3n) is 2.06. The number of nitrogens with one attached hydrogen (secondary N) is 1. The second-order valence-electron chi connectivity index (χ2n) is 3.64. The van der Waals surface area contributed by atoms with Crippen LogP contribution in [-0.4, -0.2) is 26.2 Å². The zero-order valence-electron chi connectivity index (χ0n) is 9.15. The molecule has 1 aromatic rings. The SMILES string of the molecule is CC(CCO)NS(=O)(=O)c1cc(F)cc(F)c1. The van der Waals surface area contributed by atoms with Gasteiger partial charge in [-0.25, -0.2) is 21.9 Å². The molecule has 0 aliphatic heterocycles. The molecule has 0 bridgehead atoms. The molecule has 0 radical (unpaired) electrons. The first kappa shape index (κ1) is 14.0. The third-order valence-corrected chi connectivity index (χ3v) is 3.63. The van der Waals surface area contributed by atoms with Crippen LogP contribution < -0.4 is 4.72 Å². The quantitative estimate of drug-likeness (QED) is 0.835. The summed E-state index contributed by atoms with van der Waals surface area (Å²) in [6, 6.07) is 1.54. The van der Waals surface area contributed by atoms with Crippen LogP contribution in [0.1, 0.15) is 13.3 Å². The van der Waals surface area contributed by atoms with E-state index in [-0.39, 0.29) is 13.0 Å². The largest absolute Gasteiger partial charge is 0.396 e. The van der Waals surface area contributed by atoms with E-state index in [1.807, 2.05) is 0 Å². The van der Waals surface area contributed by atoms with Gasteiger partial charge in [0.1, 0.15) is 11.6 Å². The fraction of sp³-hybridized carbons (Fsp3) is 0.400. The summed E-state index contributed by atoms with van der Waals surface area (Å²) in [4.78, 5) is -0.472. The molecular formula is C10H13F2NO3S. The standard InChI is InChI=1S/C10H13F2NO3S/c1-7(2-3-14)13-17(15,16)10-5-8(11)4-9(12)6-10/h4-7,13-14H,2-3H2,1H3. The highest BCUT2D eigenvalue weighted by atomic mass is 32.2. The molecule has 0 aromatic heterocycles. The van der Waals surface area contributed by atoms with Crippen molar-refractivity contribution in [3.63, 3.8) is 0 Å². The Bertz CT molecular complexity index is 470. The van der Waals surface area contributed by atoms with Gasteiger partial charge in [-0.15, -0.1) is 0 Å². The summed E-state index contributed by atoms with van der Waals surface area (Å²) in [5.41, 5.74) is 0. The number of aliphatic hydroxyl groups excluding tert-OH is 1. The lowest BCUT2D eigenvalue weighted by atomic mass is 10.3. The van der Waals surface area contributed by atoms with Crippen LogP contribution in [0.25, 0.3) is 0 Å². The lowest BCUT2D eigenvalue weighted by Gasteiger charge is -2.13. The summed E-state index contributed by atoms with van der Waals surface area (Å²) in [5.74, 6) is -1.92. The number of benzene rings is 1. The van der Waals surface area contributed by atoms with Crippen LogP contribution in [0.3, 0.4) is 0 Å². The molecule has 1 unspecified atom stereocenters. The summed E-state index contributed by atoms with van der Waals surface area (Å²) in [7, 11) is -3.97. The van der Waals surface area contributed by atoms with E-state index in [1.165, 1.54) is 0 Å². The predicted molar refractivity (Wildman–Crippen MR) is 57.8 cm³/mol. The van der Waals surface area contributed by atoms with Gasteiger partial charge in [-0.05, 0) is 25.5 Å². The Morgan fingerprint density at radius 2 is 1.82 bits per heavy atom. The molecule has 7 heteroatoms. The van der Waals surface area contributed by atoms with Crippen molar-refractivity contribution in [1.29, 1.82) is 0 Å². The van der Waals surface area contributed by atoms with Gasteiger partial charge >= 0.3 is 0 Å². The number of rotatable bonds is 5. The minimum Gasteiger partial charge on any atom is -0.396 e. The molecule has 0 amide bonds. The van der Waals surface area contributed by atoms with E-state index < -0.39 is 32.6 Å². The van der Waals surface area contributed by atoms with Crippen LogP contribution in [0.5, 0.6) is 0 Å². The molecule has 17 heavy (non-hydrogen) atoms. The zero-order chi connectivity index (χ0) is 13.1. The molecule has 0 saturated heterocycles. The fourth-order valence-electron chi connectivity index (χ4n) is 1.27.